The second kappa shape index (κ2) is 14.0. The summed E-state index contributed by atoms with van der Waals surface area (Å²) in [6, 6.07) is 51.2. The third kappa shape index (κ3) is 5.69. The van der Waals surface area contributed by atoms with E-state index in [1.165, 1.54) is 134 Å². The van der Waals surface area contributed by atoms with E-state index >= 15 is 0 Å². The van der Waals surface area contributed by atoms with Gasteiger partial charge in [-0.1, -0.05) is 103 Å². The van der Waals surface area contributed by atoms with Gasteiger partial charge < -0.3 is 9.80 Å². The minimum absolute atomic E-state index is 0.934. The molecule has 2 heterocycles. The lowest BCUT2D eigenvalue weighted by Crippen LogP contribution is -2.24. The standard InChI is InChI=1S/C58H50N2/c1-35-27-45(28-36(2)39(35)5)57-49-25-23-48(60-55-21-13-9-17-43(55)32-44-18-10-14-22-56(44)60)34-52(49)58(46-29-37(3)40(6)38(4)30-46)50-26-24-47(33-51(50)57)59-53-19-11-7-15-41(53)31-42-16-8-12-20-54(42)59/h7-13,15-21,23-30,33-34H,14,22,31-32H2,1-6H3. The van der Waals surface area contributed by atoms with Crippen molar-refractivity contribution in [2.24, 2.45) is 0 Å². The number of fused-ring (bicyclic) bond motifs is 5. The lowest BCUT2D eigenvalue weighted by atomic mass is 9.83. The molecule has 8 aromatic rings. The van der Waals surface area contributed by atoms with Crippen LogP contribution in [0.25, 0.3) is 43.8 Å². The highest BCUT2D eigenvalue weighted by molar-refractivity contribution is 6.23. The van der Waals surface area contributed by atoms with Gasteiger partial charge in [0.05, 0.1) is 0 Å². The van der Waals surface area contributed by atoms with Crippen molar-refractivity contribution in [1.29, 1.82) is 0 Å². The predicted molar refractivity (Wildman–Crippen MR) is 256 cm³/mol. The van der Waals surface area contributed by atoms with E-state index in [2.05, 4.69) is 197 Å². The fourth-order valence-electron chi connectivity index (χ4n) is 10.5. The van der Waals surface area contributed by atoms with E-state index in [-0.39, 0.29) is 0 Å². The zero-order valence-corrected chi connectivity index (χ0v) is 35.6. The van der Waals surface area contributed by atoms with E-state index < -0.39 is 0 Å². The minimum atomic E-state index is 0.934. The molecule has 0 bridgehead atoms. The lowest BCUT2D eigenvalue weighted by Gasteiger charge is -2.37. The number of para-hydroxylation sites is 3. The van der Waals surface area contributed by atoms with Crippen molar-refractivity contribution in [3.05, 3.63) is 207 Å². The van der Waals surface area contributed by atoms with Crippen LogP contribution in [0.5, 0.6) is 0 Å². The first-order chi connectivity index (χ1) is 29.2. The van der Waals surface area contributed by atoms with Crippen LogP contribution in [0.4, 0.5) is 28.4 Å². The molecule has 0 radical (unpaired) electrons. The smallest absolute Gasteiger partial charge is 0.0497 e. The molecule has 2 nitrogen and oxygen atoms in total. The quantitative estimate of drug-likeness (QED) is 0.164. The van der Waals surface area contributed by atoms with E-state index in [0.717, 1.165) is 25.7 Å². The molecule has 2 heteroatoms. The van der Waals surface area contributed by atoms with Crippen LogP contribution >= 0.6 is 0 Å². The third-order valence-electron chi connectivity index (χ3n) is 14.0. The molecule has 0 saturated heterocycles. The predicted octanol–water partition coefficient (Wildman–Crippen LogP) is 15.8. The van der Waals surface area contributed by atoms with Gasteiger partial charge in [-0.25, -0.2) is 0 Å². The number of rotatable bonds is 4. The van der Waals surface area contributed by atoms with E-state index in [4.69, 9.17) is 0 Å². The zero-order valence-electron chi connectivity index (χ0n) is 35.6. The van der Waals surface area contributed by atoms with E-state index in [1.807, 2.05) is 0 Å². The summed E-state index contributed by atoms with van der Waals surface area (Å²) in [5, 5.41) is 5.11. The van der Waals surface area contributed by atoms with Crippen molar-refractivity contribution >= 4 is 50.0 Å². The highest BCUT2D eigenvalue weighted by Crippen LogP contribution is 2.51. The Balaban J connectivity index is 1.26. The summed E-state index contributed by atoms with van der Waals surface area (Å²) in [6.45, 7) is 13.6. The van der Waals surface area contributed by atoms with Gasteiger partial charge in [0.25, 0.3) is 0 Å². The molecule has 0 fully saturated rings. The number of hydrogen-bond donors (Lipinski definition) is 0. The molecular weight excluding hydrogens is 725 g/mol. The van der Waals surface area contributed by atoms with Gasteiger partial charge in [0.2, 0.25) is 0 Å². The van der Waals surface area contributed by atoms with E-state index in [9.17, 15) is 0 Å². The van der Waals surface area contributed by atoms with Gasteiger partial charge >= 0.3 is 0 Å². The number of nitrogens with zero attached hydrogens (tertiary/aromatic N) is 2. The fourth-order valence-corrected chi connectivity index (χ4v) is 10.5. The molecule has 0 aromatic heterocycles. The molecule has 0 atom stereocenters. The van der Waals surface area contributed by atoms with Crippen molar-refractivity contribution in [3.8, 4) is 22.3 Å². The Labute approximate surface area is 354 Å². The van der Waals surface area contributed by atoms with E-state index in [0.29, 0.717) is 0 Å². The molecule has 8 aromatic carbocycles. The molecule has 292 valence electrons. The monoisotopic (exact) mass is 774 g/mol. The maximum atomic E-state index is 2.57. The first-order valence-electron chi connectivity index (χ1n) is 21.7. The molecular formula is C58H50N2. The Bertz CT molecular complexity index is 3080. The van der Waals surface area contributed by atoms with Crippen LogP contribution in [-0.4, -0.2) is 0 Å². The Kier molecular flexibility index (Phi) is 8.50. The Morgan fingerprint density at radius 2 is 0.850 bits per heavy atom. The Morgan fingerprint density at radius 1 is 0.417 bits per heavy atom. The topological polar surface area (TPSA) is 6.48 Å². The molecule has 0 saturated carbocycles. The molecule has 3 aliphatic rings. The second-order valence-corrected chi connectivity index (χ2v) is 17.5. The summed E-state index contributed by atoms with van der Waals surface area (Å²) in [5.41, 5.74) is 26.3. The molecule has 60 heavy (non-hydrogen) atoms. The summed E-state index contributed by atoms with van der Waals surface area (Å²) >= 11 is 0. The zero-order chi connectivity index (χ0) is 40.8. The first-order valence-corrected chi connectivity index (χ1v) is 21.7. The van der Waals surface area contributed by atoms with Crippen molar-refractivity contribution in [2.75, 3.05) is 9.80 Å². The number of hydrogen-bond acceptors (Lipinski definition) is 2. The normalized spacial score (nSPS) is 14.4. The number of allylic oxidation sites excluding steroid dienone is 4. The van der Waals surface area contributed by atoms with Crippen LogP contribution < -0.4 is 9.80 Å². The van der Waals surface area contributed by atoms with Crippen molar-refractivity contribution in [2.45, 2.75) is 67.2 Å². The highest BCUT2D eigenvalue weighted by atomic mass is 15.2. The summed E-state index contributed by atoms with van der Waals surface area (Å²) in [7, 11) is 0. The SMILES string of the molecule is Cc1cc(-c2c3ccc(N4c5ccccc5Cc5ccccc54)cc3c(-c3cc(C)c(C)c(C)c3)c3ccc(N4C5=C(C=CCC5)Cc5ccccc54)cc23)cc(C)c1C. The average molecular weight is 775 g/mol. The van der Waals surface area contributed by atoms with Crippen LogP contribution in [0, 0.1) is 41.5 Å². The highest BCUT2D eigenvalue weighted by Gasteiger charge is 2.29. The van der Waals surface area contributed by atoms with Gasteiger partial charge in [0.15, 0.2) is 0 Å². The summed E-state index contributed by atoms with van der Waals surface area (Å²) in [4.78, 5) is 5.07. The van der Waals surface area contributed by atoms with Gasteiger partial charge in [0, 0.05) is 47.0 Å². The van der Waals surface area contributed by atoms with Crippen LogP contribution in [0.2, 0.25) is 0 Å². The van der Waals surface area contributed by atoms with E-state index in [1.54, 1.807) is 0 Å². The fraction of sp³-hybridized carbons (Fsp3) is 0.172. The molecule has 0 spiro atoms. The molecule has 2 aliphatic heterocycles. The third-order valence-corrected chi connectivity index (χ3v) is 14.0. The molecule has 11 rings (SSSR count). The number of anilines is 5. The van der Waals surface area contributed by atoms with Crippen LogP contribution in [0.3, 0.4) is 0 Å². The average Bonchev–Trinajstić information content (AvgIpc) is 3.26. The Hall–Kier alpha value is -6.64. The second-order valence-electron chi connectivity index (χ2n) is 17.5. The van der Waals surface area contributed by atoms with Crippen LogP contribution in [0.15, 0.2) is 157 Å². The van der Waals surface area contributed by atoms with Gasteiger partial charge in [0.1, 0.15) is 0 Å². The summed E-state index contributed by atoms with van der Waals surface area (Å²) in [5.74, 6) is 0. The van der Waals surface area contributed by atoms with Gasteiger partial charge in [-0.2, -0.15) is 0 Å². The Morgan fingerprint density at radius 3 is 1.35 bits per heavy atom. The lowest BCUT2D eigenvalue weighted by molar-refractivity contribution is 0.859. The molecule has 0 amide bonds. The molecule has 0 unspecified atom stereocenters. The summed E-state index contributed by atoms with van der Waals surface area (Å²) < 4.78 is 0. The largest absolute Gasteiger partial charge is 0.314 e. The van der Waals surface area contributed by atoms with Crippen LogP contribution in [0.1, 0.15) is 62.9 Å². The minimum Gasteiger partial charge on any atom is -0.314 e. The van der Waals surface area contributed by atoms with Gasteiger partial charge in [-0.15, -0.1) is 0 Å². The van der Waals surface area contributed by atoms with Gasteiger partial charge in [-0.3, -0.25) is 0 Å². The van der Waals surface area contributed by atoms with Crippen molar-refractivity contribution < 1.29 is 0 Å². The molecule has 0 N–H and O–H groups in total. The maximum Gasteiger partial charge on any atom is 0.0497 e. The van der Waals surface area contributed by atoms with Gasteiger partial charge in [-0.05, 0) is 196 Å². The maximum absolute atomic E-state index is 2.57. The summed E-state index contributed by atoms with van der Waals surface area (Å²) in [6.07, 6.45) is 8.74. The molecule has 1 aliphatic carbocycles. The van der Waals surface area contributed by atoms with Crippen LogP contribution in [-0.2, 0) is 12.8 Å². The first kappa shape index (κ1) is 36.4. The number of benzene rings is 8. The van der Waals surface area contributed by atoms with Crippen molar-refractivity contribution in [1.82, 2.24) is 0 Å². The number of aryl methyl sites for hydroxylation is 4. The van der Waals surface area contributed by atoms with Crippen molar-refractivity contribution in [3.63, 3.8) is 0 Å².